The van der Waals surface area contributed by atoms with E-state index in [0.29, 0.717) is 11.3 Å². The molecular formula is C21H12ClFN2O5. The van der Waals surface area contributed by atoms with Gasteiger partial charge in [-0.1, -0.05) is 23.7 Å². The molecule has 1 saturated heterocycles. The van der Waals surface area contributed by atoms with Crippen LogP contribution >= 0.6 is 11.6 Å². The number of nitrogens with zero attached hydrogens (tertiary/aromatic N) is 1. The number of hydrogen-bond donors (Lipinski definition) is 2. The maximum Gasteiger partial charge on any atom is 0.335 e. The third-order valence-electron chi connectivity index (χ3n) is 4.38. The highest BCUT2D eigenvalue weighted by Crippen LogP contribution is 2.28. The highest BCUT2D eigenvalue weighted by Gasteiger charge is 2.35. The van der Waals surface area contributed by atoms with Crippen molar-refractivity contribution in [3.8, 4) is 11.3 Å². The SMILES string of the molecule is O=C1NN(c2ccc(F)c(Cl)c2)C(=O)/C1=C/c1ccc(-c2ccc(C(=O)O)cc2)o1. The van der Waals surface area contributed by atoms with Gasteiger partial charge in [-0.3, -0.25) is 15.0 Å². The van der Waals surface area contributed by atoms with Crippen LogP contribution in [0.25, 0.3) is 17.4 Å². The number of aromatic carboxylic acids is 1. The Bertz CT molecular complexity index is 1220. The summed E-state index contributed by atoms with van der Waals surface area (Å²) in [6, 6.07) is 12.9. The average molecular weight is 427 g/mol. The van der Waals surface area contributed by atoms with Crippen molar-refractivity contribution in [2.45, 2.75) is 0 Å². The molecule has 0 unspecified atom stereocenters. The fourth-order valence-corrected chi connectivity index (χ4v) is 3.04. The third-order valence-corrected chi connectivity index (χ3v) is 4.67. The van der Waals surface area contributed by atoms with E-state index in [9.17, 15) is 18.8 Å². The van der Waals surface area contributed by atoms with Crippen LogP contribution < -0.4 is 10.4 Å². The number of rotatable bonds is 4. The van der Waals surface area contributed by atoms with Gasteiger partial charge < -0.3 is 9.52 Å². The Balaban J connectivity index is 1.59. The van der Waals surface area contributed by atoms with Crippen LogP contribution in [-0.2, 0) is 9.59 Å². The summed E-state index contributed by atoms with van der Waals surface area (Å²) >= 11 is 5.74. The number of carbonyl (C=O) groups excluding carboxylic acids is 2. The number of amides is 2. The van der Waals surface area contributed by atoms with E-state index in [2.05, 4.69) is 5.43 Å². The molecule has 0 bridgehead atoms. The predicted molar refractivity (Wildman–Crippen MR) is 106 cm³/mol. The lowest BCUT2D eigenvalue weighted by atomic mass is 10.1. The largest absolute Gasteiger partial charge is 0.478 e. The number of hydrazine groups is 1. The van der Waals surface area contributed by atoms with Gasteiger partial charge in [0, 0.05) is 5.56 Å². The van der Waals surface area contributed by atoms with Crippen LogP contribution in [0.3, 0.4) is 0 Å². The molecule has 1 aromatic heterocycles. The van der Waals surface area contributed by atoms with Crippen molar-refractivity contribution in [3.05, 3.63) is 82.3 Å². The maximum atomic E-state index is 13.4. The molecule has 2 N–H and O–H groups in total. The first-order valence-electron chi connectivity index (χ1n) is 8.59. The molecule has 150 valence electrons. The van der Waals surface area contributed by atoms with Crippen LogP contribution in [0.2, 0.25) is 5.02 Å². The molecule has 3 aromatic rings. The highest BCUT2D eigenvalue weighted by molar-refractivity contribution is 6.33. The fourth-order valence-electron chi connectivity index (χ4n) is 2.87. The van der Waals surface area contributed by atoms with E-state index in [1.165, 1.54) is 30.3 Å². The fraction of sp³-hybridized carbons (Fsp3) is 0. The molecule has 7 nitrogen and oxygen atoms in total. The van der Waals surface area contributed by atoms with Gasteiger partial charge in [0.05, 0.1) is 16.3 Å². The van der Waals surface area contributed by atoms with Crippen LogP contribution in [-0.4, -0.2) is 22.9 Å². The standard InChI is InChI=1S/C21H12ClFN2O5/c22-16-9-13(5-7-17(16)23)25-20(27)15(19(26)24-25)10-14-6-8-18(30-14)11-1-3-12(4-2-11)21(28)29/h1-10H,(H,24,26)(H,28,29)/b15-10+. The smallest absolute Gasteiger partial charge is 0.335 e. The molecule has 1 aliphatic heterocycles. The molecule has 0 atom stereocenters. The Labute approximate surface area is 173 Å². The second kappa shape index (κ2) is 7.49. The number of halogens is 2. The molecule has 0 saturated carbocycles. The molecule has 1 fully saturated rings. The van der Waals surface area contributed by atoms with Gasteiger partial charge in [0.2, 0.25) is 0 Å². The van der Waals surface area contributed by atoms with Crippen LogP contribution in [0.5, 0.6) is 0 Å². The molecule has 0 radical (unpaired) electrons. The van der Waals surface area contributed by atoms with Crippen LogP contribution in [0, 0.1) is 5.82 Å². The van der Waals surface area contributed by atoms with Crippen molar-refractivity contribution in [1.29, 1.82) is 0 Å². The normalized spacial score (nSPS) is 15.0. The van der Waals surface area contributed by atoms with E-state index in [1.807, 2.05) is 0 Å². The van der Waals surface area contributed by atoms with E-state index in [1.54, 1.807) is 24.3 Å². The summed E-state index contributed by atoms with van der Waals surface area (Å²) in [6.07, 6.45) is 1.29. The summed E-state index contributed by atoms with van der Waals surface area (Å²) in [7, 11) is 0. The van der Waals surface area contributed by atoms with Gasteiger partial charge in [-0.15, -0.1) is 0 Å². The van der Waals surface area contributed by atoms with E-state index in [0.717, 1.165) is 11.1 Å². The zero-order chi connectivity index (χ0) is 21.4. The Morgan fingerprint density at radius 2 is 1.83 bits per heavy atom. The van der Waals surface area contributed by atoms with Crippen molar-refractivity contribution < 1.29 is 28.3 Å². The molecule has 30 heavy (non-hydrogen) atoms. The molecule has 0 spiro atoms. The summed E-state index contributed by atoms with van der Waals surface area (Å²) in [5.41, 5.74) is 3.21. The quantitative estimate of drug-likeness (QED) is 0.487. The Morgan fingerprint density at radius 3 is 2.50 bits per heavy atom. The van der Waals surface area contributed by atoms with E-state index >= 15 is 0 Å². The highest BCUT2D eigenvalue weighted by atomic mass is 35.5. The molecule has 9 heteroatoms. The second-order valence-electron chi connectivity index (χ2n) is 6.32. The van der Waals surface area contributed by atoms with Crippen molar-refractivity contribution in [2.24, 2.45) is 0 Å². The lowest BCUT2D eigenvalue weighted by Crippen LogP contribution is -2.35. The van der Waals surface area contributed by atoms with Gasteiger partial charge in [-0.05, 0) is 48.5 Å². The monoisotopic (exact) mass is 426 g/mol. The number of hydrogen-bond acceptors (Lipinski definition) is 4. The average Bonchev–Trinajstić information content (AvgIpc) is 3.30. The molecule has 2 aromatic carbocycles. The molecule has 2 heterocycles. The van der Waals surface area contributed by atoms with Crippen molar-refractivity contribution in [2.75, 3.05) is 5.01 Å². The van der Waals surface area contributed by atoms with Crippen molar-refractivity contribution in [1.82, 2.24) is 5.43 Å². The number of benzene rings is 2. The van der Waals surface area contributed by atoms with Crippen LogP contribution in [0.15, 0.2) is 64.6 Å². The zero-order valence-corrected chi connectivity index (χ0v) is 15.8. The molecule has 0 aliphatic carbocycles. The Kier molecular flexibility index (Phi) is 4.85. The summed E-state index contributed by atoms with van der Waals surface area (Å²) in [5, 5.41) is 9.74. The third kappa shape index (κ3) is 3.56. The van der Waals surface area contributed by atoms with E-state index in [4.69, 9.17) is 21.1 Å². The minimum atomic E-state index is -1.04. The number of carboxylic acids is 1. The summed E-state index contributed by atoms with van der Waals surface area (Å²) < 4.78 is 19.0. The Morgan fingerprint density at radius 1 is 1.10 bits per heavy atom. The Hall–Kier alpha value is -3.91. The van der Waals surface area contributed by atoms with Crippen LogP contribution in [0.4, 0.5) is 10.1 Å². The van der Waals surface area contributed by atoms with E-state index in [-0.39, 0.29) is 27.6 Å². The second-order valence-corrected chi connectivity index (χ2v) is 6.73. The molecule has 1 aliphatic rings. The van der Waals surface area contributed by atoms with Gasteiger partial charge in [0.25, 0.3) is 11.8 Å². The lowest BCUT2D eigenvalue weighted by Gasteiger charge is -2.14. The number of carbonyl (C=O) groups is 3. The first kappa shape index (κ1) is 19.4. The summed E-state index contributed by atoms with van der Waals surface area (Å²) in [4.78, 5) is 35.8. The van der Waals surface area contributed by atoms with Gasteiger partial charge in [0.1, 0.15) is 22.9 Å². The number of carboxylic acid groups (broad SMARTS) is 1. The van der Waals surface area contributed by atoms with Gasteiger partial charge in [-0.25, -0.2) is 14.2 Å². The summed E-state index contributed by atoms with van der Waals surface area (Å²) in [5.74, 6) is -2.29. The molecular weight excluding hydrogens is 415 g/mol. The number of furan rings is 1. The first-order chi connectivity index (χ1) is 14.3. The predicted octanol–water partition coefficient (Wildman–Crippen LogP) is 3.90. The molecule has 4 rings (SSSR count). The van der Waals surface area contributed by atoms with Gasteiger partial charge >= 0.3 is 5.97 Å². The minimum Gasteiger partial charge on any atom is -0.478 e. The van der Waals surface area contributed by atoms with E-state index < -0.39 is 23.6 Å². The minimum absolute atomic E-state index is 0.141. The topological polar surface area (TPSA) is 99.9 Å². The van der Waals surface area contributed by atoms with Gasteiger partial charge in [0.15, 0.2) is 0 Å². The first-order valence-corrected chi connectivity index (χ1v) is 8.97. The number of anilines is 1. The lowest BCUT2D eigenvalue weighted by molar-refractivity contribution is -0.117. The number of nitrogens with one attached hydrogen (secondary N) is 1. The van der Waals surface area contributed by atoms with Crippen molar-refractivity contribution >= 4 is 41.1 Å². The molecule has 2 amide bonds. The van der Waals surface area contributed by atoms with Crippen LogP contribution in [0.1, 0.15) is 16.1 Å². The maximum absolute atomic E-state index is 13.4. The summed E-state index contributed by atoms with van der Waals surface area (Å²) in [6.45, 7) is 0. The van der Waals surface area contributed by atoms with Crippen molar-refractivity contribution in [3.63, 3.8) is 0 Å². The zero-order valence-electron chi connectivity index (χ0n) is 15.1. The van der Waals surface area contributed by atoms with Gasteiger partial charge in [-0.2, -0.15) is 0 Å².